The Balaban J connectivity index is 1.52. The lowest BCUT2D eigenvalue weighted by Gasteiger charge is -2.00. The Hall–Kier alpha value is -3.40. The molecule has 4 rings (SSSR count). The van der Waals surface area contributed by atoms with E-state index in [4.69, 9.17) is 11.6 Å². The molecule has 0 aliphatic heterocycles. The van der Waals surface area contributed by atoms with Gasteiger partial charge in [0.25, 0.3) is 11.6 Å². The molecule has 0 unspecified atom stereocenters. The van der Waals surface area contributed by atoms with Crippen molar-refractivity contribution in [2.24, 2.45) is 0 Å². The van der Waals surface area contributed by atoms with Gasteiger partial charge in [-0.25, -0.2) is 0 Å². The fourth-order valence-corrected chi connectivity index (χ4v) is 4.69. The first-order valence-electron chi connectivity index (χ1n) is 8.92. The van der Waals surface area contributed by atoms with Gasteiger partial charge in [0.05, 0.1) is 15.5 Å². The number of nitro benzene ring substituents is 1. The van der Waals surface area contributed by atoms with E-state index in [1.165, 1.54) is 17.4 Å². The van der Waals surface area contributed by atoms with Gasteiger partial charge in [-0.2, -0.15) is 0 Å². The van der Waals surface area contributed by atoms with Crippen LogP contribution in [0.15, 0.2) is 66.7 Å². The van der Waals surface area contributed by atoms with Crippen molar-refractivity contribution in [3.63, 3.8) is 0 Å². The molecule has 0 fully saturated rings. The molecule has 10 heteroatoms. The number of hydrogen-bond acceptors (Lipinski definition) is 7. The summed E-state index contributed by atoms with van der Waals surface area (Å²) in [7, 11) is 0. The Morgan fingerprint density at radius 2 is 1.68 bits per heavy atom. The van der Waals surface area contributed by atoms with Crippen molar-refractivity contribution in [2.45, 2.75) is 0 Å². The van der Waals surface area contributed by atoms with Gasteiger partial charge >= 0.3 is 0 Å². The maximum atomic E-state index is 12.3. The highest BCUT2D eigenvalue weighted by Gasteiger charge is 2.17. The van der Waals surface area contributed by atoms with Crippen molar-refractivity contribution >= 4 is 62.7 Å². The maximum Gasteiger partial charge on any atom is 0.286 e. The fourth-order valence-electron chi connectivity index (χ4n) is 2.72. The molecule has 2 heterocycles. The predicted molar refractivity (Wildman–Crippen MR) is 124 cm³/mol. The summed E-state index contributed by atoms with van der Waals surface area (Å²) in [6.45, 7) is 0. The van der Waals surface area contributed by atoms with Crippen LogP contribution in [-0.4, -0.2) is 21.0 Å². The molecule has 0 saturated heterocycles. The Kier molecular flexibility index (Phi) is 6.17. The number of anilines is 1. The van der Waals surface area contributed by atoms with Crippen LogP contribution in [-0.2, 0) is 0 Å². The number of benzene rings is 2. The minimum atomic E-state index is -0.402. The molecule has 7 nitrogen and oxygen atoms in total. The van der Waals surface area contributed by atoms with Crippen LogP contribution < -0.4 is 5.32 Å². The number of nitrogens with one attached hydrogen (secondary N) is 1. The van der Waals surface area contributed by atoms with E-state index in [-0.39, 0.29) is 16.6 Å². The van der Waals surface area contributed by atoms with E-state index < -0.39 is 4.92 Å². The average Bonchev–Trinajstić information content (AvgIpc) is 3.44. The quantitative estimate of drug-likeness (QED) is 0.270. The van der Waals surface area contributed by atoms with Gasteiger partial charge in [0, 0.05) is 21.5 Å². The summed E-state index contributed by atoms with van der Waals surface area (Å²) in [5.41, 5.74) is 1.25. The minimum absolute atomic E-state index is 0.0455. The first kappa shape index (κ1) is 20.9. The second kappa shape index (κ2) is 9.17. The highest BCUT2D eigenvalue weighted by atomic mass is 35.5. The number of halogens is 1. The van der Waals surface area contributed by atoms with E-state index in [1.807, 2.05) is 30.3 Å². The fraction of sp³-hybridized carbons (Fsp3) is 0. The first-order valence-corrected chi connectivity index (χ1v) is 10.9. The summed E-state index contributed by atoms with van der Waals surface area (Å²) >= 11 is 8.84. The third kappa shape index (κ3) is 4.85. The van der Waals surface area contributed by atoms with Crippen LogP contribution in [0.5, 0.6) is 0 Å². The molecule has 0 spiro atoms. The van der Waals surface area contributed by atoms with E-state index in [9.17, 15) is 14.9 Å². The third-order valence-electron chi connectivity index (χ3n) is 4.12. The summed E-state index contributed by atoms with van der Waals surface area (Å²) < 4.78 is 0. The number of aromatic nitrogens is 2. The zero-order chi connectivity index (χ0) is 21.8. The molecule has 0 bridgehead atoms. The van der Waals surface area contributed by atoms with Crippen molar-refractivity contribution in [1.82, 2.24) is 10.2 Å². The second-order valence-corrected chi connectivity index (χ2v) is 8.70. The van der Waals surface area contributed by atoms with Gasteiger partial charge in [0.2, 0.25) is 5.01 Å². The standard InChI is InChI=1S/C21H13ClN4O3S2/c22-16(20-24-25-21(31-20)19(27)23-13-6-2-1-3-7-13)12-14-10-11-18(30-14)15-8-4-5-9-17(15)26(28)29/h1-12H,(H,23,27)/b16-12-. The van der Waals surface area contributed by atoms with Crippen LogP contribution in [0.3, 0.4) is 0 Å². The van der Waals surface area contributed by atoms with Crippen molar-refractivity contribution < 1.29 is 9.72 Å². The molecular formula is C21H13ClN4O3S2. The zero-order valence-corrected chi connectivity index (χ0v) is 18.1. The molecule has 4 aromatic rings. The lowest BCUT2D eigenvalue weighted by molar-refractivity contribution is -0.384. The molecule has 0 aliphatic rings. The normalized spacial score (nSPS) is 11.3. The number of nitrogens with zero attached hydrogens (tertiary/aromatic N) is 3. The molecule has 2 aromatic carbocycles. The largest absolute Gasteiger partial charge is 0.320 e. The monoisotopic (exact) mass is 468 g/mol. The number of rotatable bonds is 6. The number of carbonyl (C=O) groups is 1. The number of carbonyl (C=O) groups excluding carboxylic acids is 1. The Morgan fingerprint density at radius 3 is 2.45 bits per heavy atom. The summed E-state index contributed by atoms with van der Waals surface area (Å²) in [5, 5.41) is 22.9. The van der Waals surface area contributed by atoms with E-state index in [0.29, 0.717) is 21.3 Å². The number of amides is 1. The molecular weight excluding hydrogens is 456 g/mol. The molecule has 0 atom stereocenters. The predicted octanol–water partition coefficient (Wildman–Crippen LogP) is 6.16. The van der Waals surface area contributed by atoms with Gasteiger partial charge in [-0.1, -0.05) is 53.3 Å². The van der Waals surface area contributed by atoms with Crippen molar-refractivity contribution in [3.05, 3.63) is 91.7 Å². The number of para-hydroxylation sites is 2. The molecule has 0 radical (unpaired) electrons. The number of thiophene rings is 1. The highest BCUT2D eigenvalue weighted by Crippen LogP contribution is 2.36. The van der Waals surface area contributed by atoms with Gasteiger partial charge in [-0.3, -0.25) is 14.9 Å². The summed E-state index contributed by atoms with van der Waals surface area (Å²) in [5.74, 6) is -0.366. The van der Waals surface area contributed by atoms with Gasteiger partial charge in [-0.05, 0) is 36.4 Å². The van der Waals surface area contributed by atoms with E-state index in [1.54, 1.807) is 36.4 Å². The molecule has 1 N–H and O–H groups in total. The smallest absolute Gasteiger partial charge is 0.286 e. The second-order valence-electron chi connectivity index (χ2n) is 6.20. The first-order chi connectivity index (χ1) is 15.0. The molecule has 2 aromatic heterocycles. The van der Waals surface area contributed by atoms with Crippen LogP contribution >= 0.6 is 34.3 Å². The van der Waals surface area contributed by atoms with Crippen LogP contribution in [0.2, 0.25) is 0 Å². The van der Waals surface area contributed by atoms with Crippen molar-refractivity contribution in [2.75, 3.05) is 5.32 Å². The van der Waals surface area contributed by atoms with Gasteiger partial charge in [0.15, 0.2) is 5.01 Å². The lowest BCUT2D eigenvalue weighted by Crippen LogP contribution is -2.11. The topological polar surface area (TPSA) is 98.0 Å². The summed E-state index contributed by atoms with van der Waals surface area (Å²) in [4.78, 5) is 24.8. The number of hydrogen-bond donors (Lipinski definition) is 1. The third-order valence-corrected chi connectivity index (χ3v) is 6.54. The van der Waals surface area contributed by atoms with Gasteiger partial charge in [0.1, 0.15) is 0 Å². The maximum absolute atomic E-state index is 12.3. The zero-order valence-electron chi connectivity index (χ0n) is 15.7. The minimum Gasteiger partial charge on any atom is -0.320 e. The van der Waals surface area contributed by atoms with Crippen LogP contribution in [0.25, 0.3) is 21.5 Å². The molecule has 0 aliphatic carbocycles. The van der Waals surface area contributed by atoms with E-state index in [2.05, 4.69) is 15.5 Å². The molecule has 1 amide bonds. The molecule has 0 saturated carbocycles. The van der Waals surface area contributed by atoms with Crippen molar-refractivity contribution in [1.29, 1.82) is 0 Å². The Bertz CT molecular complexity index is 1280. The number of nitro groups is 1. The van der Waals surface area contributed by atoms with Crippen LogP contribution in [0, 0.1) is 10.1 Å². The molecule has 154 valence electrons. The SMILES string of the molecule is O=C(Nc1ccccc1)c1nnc(/C(Cl)=C/c2ccc(-c3ccccc3[N+](=O)[O-])s2)s1. The highest BCUT2D eigenvalue weighted by molar-refractivity contribution is 7.17. The van der Waals surface area contributed by atoms with Crippen LogP contribution in [0.1, 0.15) is 19.7 Å². The van der Waals surface area contributed by atoms with Gasteiger partial charge in [-0.15, -0.1) is 21.5 Å². The lowest BCUT2D eigenvalue weighted by atomic mass is 10.1. The average molecular weight is 469 g/mol. The molecule has 31 heavy (non-hydrogen) atoms. The van der Waals surface area contributed by atoms with Crippen molar-refractivity contribution in [3.8, 4) is 10.4 Å². The summed E-state index contributed by atoms with van der Waals surface area (Å²) in [6, 6.07) is 19.3. The van der Waals surface area contributed by atoms with E-state index >= 15 is 0 Å². The van der Waals surface area contributed by atoms with Crippen LogP contribution in [0.4, 0.5) is 11.4 Å². The Labute approximate surface area is 189 Å². The Morgan fingerprint density at radius 1 is 0.968 bits per heavy atom. The van der Waals surface area contributed by atoms with E-state index in [0.717, 1.165) is 21.1 Å². The summed E-state index contributed by atoms with van der Waals surface area (Å²) in [6.07, 6.45) is 1.70. The van der Waals surface area contributed by atoms with Gasteiger partial charge < -0.3 is 5.32 Å².